The molecule has 2 nitrogen and oxygen atoms in total. The van der Waals surface area contributed by atoms with Crippen molar-refractivity contribution in [2.24, 2.45) is 0 Å². The Hall–Kier alpha value is -0.730. The Morgan fingerprint density at radius 1 is 1.38 bits per heavy atom. The van der Waals surface area contributed by atoms with Crippen LogP contribution in [0.5, 0.6) is 0 Å². The first-order chi connectivity index (χ1) is 6.38. The van der Waals surface area contributed by atoms with E-state index < -0.39 is 0 Å². The van der Waals surface area contributed by atoms with Crippen molar-refractivity contribution in [1.82, 2.24) is 0 Å². The van der Waals surface area contributed by atoms with Crippen LogP contribution in [0.4, 0.5) is 5.69 Å². The van der Waals surface area contributed by atoms with Gasteiger partial charge in [-0.3, -0.25) is 0 Å². The van der Waals surface area contributed by atoms with E-state index in [1.807, 2.05) is 18.2 Å². The van der Waals surface area contributed by atoms with Crippen molar-refractivity contribution in [2.75, 3.05) is 31.2 Å². The van der Waals surface area contributed by atoms with Crippen LogP contribution in [-0.4, -0.2) is 26.3 Å². The van der Waals surface area contributed by atoms with Crippen molar-refractivity contribution < 1.29 is 4.74 Å². The minimum absolute atomic E-state index is 0.783. The van der Waals surface area contributed by atoms with E-state index in [9.17, 15) is 0 Å². The molecule has 1 saturated heterocycles. The number of benzene rings is 1. The van der Waals surface area contributed by atoms with Gasteiger partial charge in [-0.2, -0.15) is 0 Å². The van der Waals surface area contributed by atoms with Crippen LogP contribution in [0.2, 0.25) is 5.02 Å². The van der Waals surface area contributed by atoms with Gasteiger partial charge in [0, 0.05) is 13.1 Å². The maximum Gasteiger partial charge on any atom is 0.0642 e. The number of halogens is 1. The summed E-state index contributed by atoms with van der Waals surface area (Å²) in [6.45, 7) is 3.39. The zero-order valence-corrected chi connectivity index (χ0v) is 8.05. The van der Waals surface area contributed by atoms with Crippen LogP contribution in [0.1, 0.15) is 0 Å². The van der Waals surface area contributed by atoms with E-state index in [-0.39, 0.29) is 0 Å². The Bertz CT molecular complexity index is 284. The second kappa shape index (κ2) is 3.99. The van der Waals surface area contributed by atoms with E-state index in [0.29, 0.717) is 0 Å². The van der Waals surface area contributed by atoms with E-state index in [1.54, 1.807) is 0 Å². The molecule has 0 N–H and O–H groups in total. The van der Waals surface area contributed by atoms with Crippen molar-refractivity contribution >= 4 is 17.3 Å². The summed E-state index contributed by atoms with van der Waals surface area (Å²) in [5, 5.41) is 0.792. The Labute approximate surface area is 83.1 Å². The molecule has 13 heavy (non-hydrogen) atoms. The fourth-order valence-corrected chi connectivity index (χ4v) is 1.69. The topological polar surface area (TPSA) is 12.5 Å². The van der Waals surface area contributed by atoms with Crippen molar-refractivity contribution in [3.63, 3.8) is 0 Å². The standard InChI is InChI=1S/C10H11ClNO/c11-9-3-1-2-4-10(9)12-5-7-13-8-6-12/h1,3-4H,5-8H2. The lowest BCUT2D eigenvalue weighted by Crippen LogP contribution is -2.36. The molecule has 69 valence electrons. The van der Waals surface area contributed by atoms with Gasteiger partial charge in [0.25, 0.3) is 0 Å². The van der Waals surface area contributed by atoms with Gasteiger partial charge >= 0.3 is 0 Å². The van der Waals surface area contributed by atoms with Crippen LogP contribution >= 0.6 is 11.6 Å². The lowest BCUT2D eigenvalue weighted by Gasteiger charge is -2.29. The van der Waals surface area contributed by atoms with Crippen molar-refractivity contribution in [3.05, 3.63) is 29.3 Å². The van der Waals surface area contributed by atoms with Gasteiger partial charge in [-0.05, 0) is 18.2 Å². The fraction of sp³-hybridized carbons (Fsp3) is 0.400. The first-order valence-corrected chi connectivity index (χ1v) is 4.74. The molecule has 0 spiro atoms. The second-order valence-electron chi connectivity index (χ2n) is 2.98. The number of rotatable bonds is 1. The van der Waals surface area contributed by atoms with Crippen LogP contribution < -0.4 is 4.90 Å². The molecule has 1 fully saturated rings. The molecular weight excluding hydrogens is 186 g/mol. The van der Waals surface area contributed by atoms with Crippen LogP contribution in [0, 0.1) is 6.07 Å². The average Bonchev–Trinajstić information content (AvgIpc) is 2.20. The third-order valence-corrected chi connectivity index (χ3v) is 2.46. The second-order valence-corrected chi connectivity index (χ2v) is 3.38. The molecule has 1 aromatic rings. The third-order valence-electron chi connectivity index (χ3n) is 2.14. The molecule has 1 aliphatic rings. The summed E-state index contributed by atoms with van der Waals surface area (Å²) in [5.74, 6) is 0. The molecule has 0 bridgehead atoms. The number of morpholine rings is 1. The Kier molecular flexibility index (Phi) is 2.71. The lowest BCUT2D eigenvalue weighted by atomic mass is 10.2. The molecule has 0 aromatic heterocycles. The van der Waals surface area contributed by atoms with Crippen molar-refractivity contribution in [2.45, 2.75) is 0 Å². The molecule has 0 aliphatic carbocycles. The van der Waals surface area contributed by atoms with Crippen LogP contribution in [0.3, 0.4) is 0 Å². The summed E-state index contributed by atoms with van der Waals surface area (Å²) in [4.78, 5) is 2.22. The van der Waals surface area contributed by atoms with E-state index in [2.05, 4.69) is 11.0 Å². The molecule has 2 rings (SSSR count). The predicted octanol–water partition coefficient (Wildman–Crippen LogP) is 1.98. The SMILES string of the molecule is Clc1cc[c]cc1N1CCOCC1. The number of anilines is 1. The summed E-state index contributed by atoms with van der Waals surface area (Å²) in [7, 11) is 0. The lowest BCUT2D eigenvalue weighted by molar-refractivity contribution is 0.122. The fourth-order valence-electron chi connectivity index (χ4n) is 1.45. The molecular formula is C10H11ClNO. The monoisotopic (exact) mass is 196 g/mol. The van der Waals surface area contributed by atoms with Gasteiger partial charge in [0.05, 0.1) is 23.9 Å². The Balaban J connectivity index is 2.18. The van der Waals surface area contributed by atoms with E-state index >= 15 is 0 Å². The zero-order chi connectivity index (χ0) is 9.10. The van der Waals surface area contributed by atoms with Gasteiger partial charge in [0.15, 0.2) is 0 Å². The molecule has 1 radical (unpaired) electrons. The van der Waals surface area contributed by atoms with Gasteiger partial charge in [-0.15, -0.1) is 0 Å². The molecule has 1 heterocycles. The first kappa shape index (κ1) is 8.85. The molecule has 0 amide bonds. The van der Waals surface area contributed by atoms with Gasteiger partial charge in [0.2, 0.25) is 0 Å². The molecule has 3 heteroatoms. The highest BCUT2D eigenvalue weighted by molar-refractivity contribution is 6.33. The van der Waals surface area contributed by atoms with E-state index in [0.717, 1.165) is 37.0 Å². The van der Waals surface area contributed by atoms with Crippen molar-refractivity contribution in [1.29, 1.82) is 0 Å². The quantitative estimate of drug-likeness (QED) is 0.681. The average molecular weight is 197 g/mol. The van der Waals surface area contributed by atoms with Crippen LogP contribution in [-0.2, 0) is 4.74 Å². The maximum absolute atomic E-state index is 6.06. The maximum atomic E-state index is 6.06. The smallest absolute Gasteiger partial charge is 0.0642 e. The van der Waals surface area contributed by atoms with Gasteiger partial charge in [0.1, 0.15) is 0 Å². The Morgan fingerprint density at radius 3 is 2.85 bits per heavy atom. The summed E-state index contributed by atoms with van der Waals surface area (Å²) >= 11 is 6.06. The van der Waals surface area contributed by atoms with Crippen molar-refractivity contribution in [3.8, 4) is 0 Å². The van der Waals surface area contributed by atoms with Crippen LogP contribution in [0.15, 0.2) is 18.2 Å². The van der Waals surface area contributed by atoms with Gasteiger partial charge in [-0.1, -0.05) is 17.7 Å². The number of hydrogen-bond donors (Lipinski definition) is 0. The normalized spacial score (nSPS) is 17.5. The molecule has 1 aliphatic heterocycles. The summed E-state index contributed by atoms with van der Waals surface area (Å²) in [5.41, 5.74) is 1.06. The Morgan fingerprint density at radius 2 is 2.15 bits per heavy atom. The minimum Gasteiger partial charge on any atom is -0.378 e. The van der Waals surface area contributed by atoms with Gasteiger partial charge in [-0.25, -0.2) is 0 Å². The molecule has 0 atom stereocenters. The number of hydrogen-bond acceptors (Lipinski definition) is 2. The summed E-state index contributed by atoms with van der Waals surface area (Å²) in [6, 6.07) is 8.65. The van der Waals surface area contributed by atoms with E-state index in [1.165, 1.54) is 0 Å². The van der Waals surface area contributed by atoms with Gasteiger partial charge < -0.3 is 9.64 Å². The largest absolute Gasteiger partial charge is 0.378 e. The number of ether oxygens (including phenoxy) is 1. The van der Waals surface area contributed by atoms with Crippen LogP contribution in [0.25, 0.3) is 0 Å². The highest BCUT2D eigenvalue weighted by Crippen LogP contribution is 2.25. The molecule has 1 aromatic carbocycles. The zero-order valence-electron chi connectivity index (χ0n) is 7.29. The third kappa shape index (κ3) is 1.95. The molecule has 0 unspecified atom stereocenters. The highest BCUT2D eigenvalue weighted by atomic mass is 35.5. The highest BCUT2D eigenvalue weighted by Gasteiger charge is 2.12. The summed E-state index contributed by atoms with van der Waals surface area (Å²) < 4.78 is 5.27. The first-order valence-electron chi connectivity index (χ1n) is 4.36. The summed E-state index contributed by atoms with van der Waals surface area (Å²) in [6.07, 6.45) is 0. The predicted molar refractivity (Wildman–Crippen MR) is 53.3 cm³/mol. The minimum atomic E-state index is 0.783. The molecule has 0 saturated carbocycles. The number of nitrogens with zero attached hydrogens (tertiary/aromatic N) is 1. The van der Waals surface area contributed by atoms with E-state index in [4.69, 9.17) is 16.3 Å².